The van der Waals surface area contributed by atoms with Gasteiger partial charge in [0.25, 0.3) is 0 Å². The Bertz CT molecular complexity index is 958. The van der Waals surface area contributed by atoms with Gasteiger partial charge in [0, 0.05) is 43.5 Å². The second kappa shape index (κ2) is 9.68. The SMILES string of the molecule is CCCCN(C)c1nc(Nc2cccc(NC(C)=O)c2)cc(-c2ccccc2)n1. The number of aromatic nitrogens is 2. The van der Waals surface area contributed by atoms with Crippen molar-refractivity contribution in [1.82, 2.24) is 9.97 Å². The predicted molar refractivity (Wildman–Crippen MR) is 120 cm³/mol. The fourth-order valence-corrected chi connectivity index (χ4v) is 2.95. The Hall–Kier alpha value is -3.41. The predicted octanol–water partition coefficient (Wildman–Crippen LogP) is 5.08. The summed E-state index contributed by atoms with van der Waals surface area (Å²) in [6.07, 6.45) is 2.20. The number of carbonyl (C=O) groups excluding carboxylic acids is 1. The van der Waals surface area contributed by atoms with E-state index in [1.807, 2.05) is 67.7 Å². The van der Waals surface area contributed by atoms with Crippen LogP contribution in [-0.2, 0) is 4.79 Å². The molecule has 6 heteroatoms. The molecule has 0 aliphatic rings. The number of anilines is 4. The van der Waals surface area contributed by atoms with Crippen LogP contribution in [0.4, 0.5) is 23.1 Å². The lowest BCUT2D eigenvalue weighted by Crippen LogP contribution is -2.21. The minimum absolute atomic E-state index is 0.101. The molecule has 2 aromatic carbocycles. The lowest BCUT2D eigenvalue weighted by atomic mass is 10.1. The molecule has 1 aromatic heterocycles. The molecule has 3 rings (SSSR count). The van der Waals surface area contributed by atoms with Crippen LogP contribution in [0.3, 0.4) is 0 Å². The highest BCUT2D eigenvalue weighted by Crippen LogP contribution is 2.25. The molecule has 0 fully saturated rings. The van der Waals surface area contributed by atoms with Gasteiger partial charge in [-0.3, -0.25) is 4.79 Å². The number of hydrogen-bond acceptors (Lipinski definition) is 5. The summed E-state index contributed by atoms with van der Waals surface area (Å²) < 4.78 is 0. The highest BCUT2D eigenvalue weighted by atomic mass is 16.1. The molecule has 0 unspecified atom stereocenters. The van der Waals surface area contributed by atoms with Gasteiger partial charge in [-0.2, -0.15) is 4.98 Å². The fraction of sp³-hybridized carbons (Fsp3) is 0.261. The van der Waals surface area contributed by atoms with Crippen molar-refractivity contribution in [3.63, 3.8) is 0 Å². The number of nitrogens with one attached hydrogen (secondary N) is 2. The number of nitrogens with zero attached hydrogens (tertiary/aromatic N) is 3. The van der Waals surface area contributed by atoms with Crippen molar-refractivity contribution < 1.29 is 4.79 Å². The van der Waals surface area contributed by atoms with Crippen molar-refractivity contribution in [2.24, 2.45) is 0 Å². The first-order valence-electron chi connectivity index (χ1n) is 9.85. The third-order valence-corrected chi connectivity index (χ3v) is 4.43. The molecule has 6 nitrogen and oxygen atoms in total. The van der Waals surface area contributed by atoms with E-state index < -0.39 is 0 Å². The summed E-state index contributed by atoms with van der Waals surface area (Å²) in [5.41, 5.74) is 3.48. The topological polar surface area (TPSA) is 70.2 Å². The van der Waals surface area contributed by atoms with Crippen molar-refractivity contribution in [1.29, 1.82) is 0 Å². The molecule has 3 aromatic rings. The van der Waals surface area contributed by atoms with E-state index in [2.05, 4.69) is 22.5 Å². The van der Waals surface area contributed by atoms with Gasteiger partial charge in [0.1, 0.15) is 5.82 Å². The van der Waals surface area contributed by atoms with E-state index in [1.165, 1.54) is 6.92 Å². The van der Waals surface area contributed by atoms with Gasteiger partial charge in [-0.1, -0.05) is 49.7 Å². The number of hydrogen-bond donors (Lipinski definition) is 2. The Kier molecular flexibility index (Phi) is 6.79. The minimum Gasteiger partial charge on any atom is -0.344 e. The largest absolute Gasteiger partial charge is 0.344 e. The lowest BCUT2D eigenvalue weighted by molar-refractivity contribution is -0.114. The van der Waals surface area contributed by atoms with Crippen LogP contribution in [-0.4, -0.2) is 29.5 Å². The number of rotatable bonds is 8. The zero-order valence-corrected chi connectivity index (χ0v) is 17.1. The number of amides is 1. The molecule has 0 bridgehead atoms. The minimum atomic E-state index is -0.101. The highest BCUT2D eigenvalue weighted by molar-refractivity contribution is 5.89. The molecule has 0 spiro atoms. The van der Waals surface area contributed by atoms with Crippen LogP contribution < -0.4 is 15.5 Å². The van der Waals surface area contributed by atoms with Crippen LogP contribution in [0.1, 0.15) is 26.7 Å². The maximum absolute atomic E-state index is 11.3. The zero-order chi connectivity index (χ0) is 20.6. The highest BCUT2D eigenvalue weighted by Gasteiger charge is 2.11. The van der Waals surface area contributed by atoms with Crippen LogP contribution in [0.2, 0.25) is 0 Å². The standard InChI is InChI=1S/C23H27N5O/c1-4-5-14-28(3)23-26-21(18-10-7-6-8-11-18)16-22(27-23)25-20-13-9-12-19(15-20)24-17(2)29/h6-13,15-16H,4-5,14H2,1-3H3,(H,24,29)(H,25,26,27). The number of benzene rings is 2. The van der Waals surface area contributed by atoms with Crippen LogP contribution >= 0.6 is 0 Å². The molecule has 0 saturated carbocycles. The summed E-state index contributed by atoms with van der Waals surface area (Å²) in [4.78, 5) is 22.9. The molecule has 1 amide bonds. The lowest BCUT2D eigenvalue weighted by Gasteiger charge is -2.19. The van der Waals surface area contributed by atoms with E-state index in [4.69, 9.17) is 9.97 Å². The van der Waals surface area contributed by atoms with Crippen molar-refractivity contribution in [2.75, 3.05) is 29.1 Å². The Labute approximate surface area is 172 Å². The average molecular weight is 390 g/mol. The van der Waals surface area contributed by atoms with E-state index in [-0.39, 0.29) is 5.91 Å². The summed E-state index contributed by atoms with van der Waals surface area (Å²) in [5.74, 6) is 1.29. The third-order valence-electron chi connectivity index (χ3n) is 4.43. The first-order valence-corrected chi connectivity index (χ1v) is 9.85. The quantitative estimate of drug-likeness (QED) is 0.562. The molecular weight excluding hydrogens is 362 g/mol. The van der Waals surface area contributed by atoms with E-state index in [0.717, 1.165) is 42.0 Å². The maximum atomic E-state index is 11.3. The summed E-state index contributed by atoms with van der Waals surface area (Å²) in [6, 6.07) is 19.6. The Balaban J connectivity index is 1.93. The molecule has 0 saturated heterocycles. The molecule has 0 aliphatic heterocycles. The summed E-state index contributed by atoms with van der Waals surface area (Å²) in [5, 5.41) is 6.15. The summed E-state index contributed by atoms with van der Waals surface area (Å²) >= 11 is 0. The molecule has 0 radical (unpaired) electrons. The summed E-state index contributed by atoms with van der Waals surface area (Å²) in [7, 11) is 2.01. The van der Waals surface area contributed by atoms with E-state index in [1.54, 1.807) is 0 Å². The first-order chi connectivity index (χ1) is 14.0. The normalized spacial score (nSPS) is 10.4. The van der Waals surface area contributed by atoms with Gasteiger partial charge in [0.2, 0.25) is 11.9 Å². The van der Waals surface area contributed by atoms with E-state index >= 15 is 0 Å². The molecule has 2 N–H and O–H groups in total. The zero-order valence-electron chi connectivity index (χ0n) is 17.1. The fourth-order valence-electron chi connectivity index (χ4n) is 2.95. The maximum Gasteiger partial charge on any atom is 0.227 e. The Morgan fingerprint density at radius 2 is 1.76 bits per heavy atom. The van der Waals surface area contributed by atoms with Gasteiger partial charge in [-0.15, -0.1) is 0 Å². The summed E-state index contributed by atoms with van der Waals surface area (Å²) in [6.45, 7) is 4.56. The second-order valence-electron chi connectivity index (χ2n) is 6.97. The number of carbonyl (C=O) groups is 1. The van der Waals surface area contributed by atoms with Crippen LogP contribution in [0.25, 0.3) is 11.3 Å². The average Bonchev–Trinajstić information content (AvgIpc) is 2.72. The van der Waals surface area contributed by atoms with E-state index in [9.17, 15) is 4.79 Å². The third kappa shape index (κ3) is 5.78. The molecule has 0 atom stereocenters. The molecule has 0 aliphatic carbocycles. The van der Waals surface area contributed by atoms with Gasteiger partial charge in [0.05, 0.1) is 5.69 Å². The molecule has 1 heterocycles. The van der Waals surface area contributed by atoms with Crippen molar-refractivity contribution >= 4 is 29.0 Å². The van der Waals surface area contributed by atoms with Gasteiger partial charge in [0.15, 0.2) is 0 Å². The van der Waals surface area contributed by atoms with Gasteiger partial charge < -0.3 is 15.5 Å². The van der Waals surface area contributed by atoms with Crippen molar-refractivity contribution in [3.05, 3.63) is 60.7 Å². The van der Waals surface area contributed by atoms with Crippen LogP contribution in [0, 0.1) is 0 Å². The van der Waals surface area contributed by atoms with Gasteiger partial charge in [-0.05, 0) is 24.6 Å². The van der Waals surface area contributed by atoms with E-state index in [0.29, 0.717) is 11.8 Å². The molecule has 150 valence electrons. The second-order valence-corrected chi connectivity index (χ2v) is 6.97. The Morgan fingerprint density at radius 1 is 1.00 bits per heavy atom. The monoisotopic (exact) mass is 389 g/mol. The van der Waals surface area contributed by atoms with Gasteiger partial charge >= 0.3 is 0 Å². The smallest absolute Gasteiger partial charge is 0.227 e. The van der Waals surface area contributed by atoms with Crippen molar-refractivity contribution in [2.45, 2.75) is 26.7 Å². The van der Waals surface area contributed by atoms with Gasteiger partial charge in [-0.25, -0.2) is 4.98 Å². The molecule has 29 heavy (non-hydrogen) atoms. The Morgan fingerprint density at radius 3 is 2.48 bits per heavy atom. The number of unbranched alkanes of at least 4 members (excludes halogenated alkanes) is 1. The van der Waals surface area contributed by atoms with Crippen LogP contribution in [0.5, 0.6) is 0 Å². The van der Waals surface area contributed by atoms with Crippen molar-refractivity contribution in [3.8, 4) is 11.3 Å². The first kappa shape index (κ1) is 20.3. The molecular formula is C23H27N5O. The van der Waals surface area contributed by atoms with Crippen LogP contribution in [0.15, 0.2) is 60.7 Å².